The van der Waals surface area contributed by atoms with Gasteiger partial charge in [0.2, 0.25) is 5.89 Å². The molecule has 7 nitrogen and oxygen atoms in total. The third-order valence-electron chi connectivity index (χ3n) is 5.38. The summed E-state index contributed by atoms with van der Waals surface area (Å²) >= 11 is 0. The summed E-state index contributed by atoms with van der Waals surface area (Å²) in [5, 5.41) is 6.68. The van der Waals surface area contributed by atoms with Crippen molar-refractivity contribution in [1.29, 1.82) is 0 Å². The van der Waals surface area contributed by atoms with E-state index in [2.05, 4.69) is 70.8 Å². The van der Waals surface area contributed by atoms with Gasteiger partial charge in [0.15, 0.2) is 5.96 Å². The predicted octanol–water partition coefficient (Wildman–Crippen LogP) is 4.36. The van der Waals surface area contributed by atoms with Gasteiger partial charge in [0.1, 0.15) is 6.26 Å². The monoisotopic (exact) mass is 561 g/mol. The second kappa shape index (κ2) is 12.6. The summed E-state index contributed by atoms with van der Waals surface area (Å²) in [6.45, 7) is 9.39. The van der Waals surface area contributed by atoms with Gasteiger partial charge in [-0.1, -0.05) is 35.9 Å². The van der Waals surface area contributed by atoms with Crippen molar-refractivity contribution < 1.29 is 9.15 Å². The lowest BCUT2D eigenvalue weighted by Gasteiger charge is -2.30. The molecule has 2 aromatic carbocycles. The number of aryl methyl sites for hydroxylation is 1. The number of aliphatic imine (C=N–C) groups is 1. The molecule has 4 rings (SSSR count). The average Bonchev–Trinajstić information content (AvgIpc) is 3.31. The highest BCUT2D eigenvalue weighted by atomic mass is 127. The Hall–Kier alpha value is -2.59. The van der Waals surface area contributed by atoms with E-state index >= 15 is 0 Å². The predicted molar refractivity (Wildman–Crippen MR) is 143 cm³/mol. The highest BCUT2D eigenvalue weighted by molar-refractivity contribution is 14.0. The van der Waals surface area contributed by atoms with Gasteiger partial charge in [0.05, 0.1) is 32.0 Å². The number of nitrogens with zero attached hydrogens (tertiary/aromatic N) is 3. The van der Waals surface area contributed by atoms with Gasteiger partial charge in [-0.15, -0.1) is 24.0 Å². The van der Waals surface area contributed by atoms with E-state index < -0.39 is 0 Å². The quantitative estimate of drug-likeness (QED) is 0.254. The number of anilines is 1. The second-order valence-electron chi connectivity index (χ2n) is 7.79. The van der Waals surface area contributed by atoms with E-state index in [0.717, 1.165) is 50.1 Å². The number of para-hydroxylation sites is 1. The minimum atomic E-state index is 0. The molecule has 0 saturated carbocycles. The summed E-state index contributed by atoms with van der Waals surface area (Å²) in [7, 11) is 0. The molecule has 0 unspecified atom stereocenters. The van der Waals surface area contributed by atoms with Crippen molar-refractivity contribution >= 4 is 35.6 Å². The standard InChI is InChI=1S/C25H31N5O2.HI/c1-3-26-25(27-16-21-6-4-5-7-23(21)30-12-14-31-15-13-30)28-17-22-18-32-24(29-22)20-10-8-19(2)9-11-20;/h4-11,18H,3,12-17H2,1-2H3,(H2,26,27,28);1H. The molecule has 8 heteroatoms. The molecule has 1 aliphatic rings. The van der Waals surface area contributed by atoms with Crippen LogP contribution >= 0.6 is 24.0 Å². The highest BCUT2D eigenvalue weighted by Crippen LogP contribution is 2.22. The van der Waals surface area contributed by atoms with Crippen LogP contribution in [0, 0.1) is 6.92 Å². The molecular formula is C25H32IN5O2. The minimum Gasteiger partial charge on any atom is -0.444 e. The number of guanidine groups is 1. The average molecular weight is 561 g/mol. The lowest BCUT2D eigenvalue weighted by molar-refractivity contribution is 0.122. The fourth-order valence-electron chi connectivity index (χ4n) is 3.65. The van der Waals surface area contributed by atoms with Crippen LogP contribution in [-0.2, 0) is 17.8 Å². The van der Waals surface area contributed by atoms with E-state index in [-0.39, 0.29) is 24.0 Å². The first-order valence-corrected chi connectivity index (χ1v) is 11.2. The first kappa shape index (κ1) is 25.0. The van der Waals surface area contributed by atoms with Crippen LogP contribution < -0.4 is 15.5 Å². The lowest BCUT2D eigenvalue weighted by atomic mass is 10.1. The van der Waals surface area contributed by atoms with E-state index in [1.54, 1.807) is 6.26 Å². The van der Waals surface area contributed by atoms with Crippen LogP contribution in [0.15, 0.2) is 64.2 Å². The van der Waals surface area contributed by atoms with Crippen molar-refractivity contribution in [3.63, 3.8) is 0 Å². The number of halogens is 1. The third-order valence-corrected chi connectivity index (χ3v) is 5.38. The van der Waals surface area contributed by atoms with Gasteiger partial charge in [-0.2, -0.15) is 0 Å². The maximum Gasteiger partial charge on any atom is 0.226 e. The molecule has 1 saturated heterocycles. The topological polar surface area (TPSA) is 74.9 Å². The normalized spacial score (nSPS) is 14.0. The largest absolute Gasteiger partial charge is 0.444 e. The van der Waals surface area contributed by atoms with Crippen LogP contribution in [0.3, 0.4) is 0 Å². The molecule has 0 atom stereocenters. The van der Waals surface area contributed by atoms with E-state index in [9.17, 15) is 0 Å². The van der Waals surface area contributed by atoms with Crippen molar-refractivity contribution in [1.82, 2.24) is 15.6 Å². The number of aromatic nitrogens is 1. The van der Waals surface area contributed by atoms with Crippen LogP contribution in [0.25, 0.3) is 11.5 Å². The Morgan fingerprint density at radius 2 is 1.82 bits per heavy atom. The molecule has 0 bridgehead atoms. The van der Waals surface area contributed by atoms with Crippen molar-refractivity contribution in [3.8, 4) is 11.5 Å². The van der Waals surface area contributed by atoms with Crippen molar-refractivity contribution in [2.75, 3.05) is 37.7 Å². The smallest absolute Gasteiger partial charge is 0.226 e. The number of rotatable bonds is 7. The molecule has 0 aliphatic carbocycles. The fraction of sp³-hybridized carbons (Fsp3) is 0.360. The number of ether oxygens (including phenoxy) is 1. The van der Waals surface area contributed by atoms with E-state index in [4.69, 9.17) is 14.1 Å². The summed E-state index contributed by atoms with van der Waals surface area (Å²) in [6, 6.07) is 16.6. The number of nitrogens with one attached hydrogen (secondary N) is 2. The zero-order chi connectivity index (χ0) is 22.2. The molecule has 33 heavy (non-hydrogen) atoms. The Bertz CT molecular complexity index is 1030. The Kier molecular flexibility index (Phi) is 9.56. The zero-order valence-electron chi connectivity index (χ0n) is 19.2. The molecule has 1 aromatic heterocycles. The number of oxazole rings is 1. The van der Waals surface area contributed by atoms with Gasteiger partial charge in [0, 0.05) is 30.9 Å². The minimum absolute atomic E-state index is 0. The first-order chi connectivity index (χ1) is 15.7. The van der Waals surface area contributed by atoms with Gasteiger partial charge in [-0.3, -0.25) is 0 Å². The highest BCUT2D eigenvalue weighted by Gasteiger charge is 2.14. The van der Waals surface area contributed by atoms with Crippen LogP contribution in [-0.4, -0.2) is 43.8 Å². The molecule has 1 fully saturated rings. The molecule has 0 spiro atoms. The zero-order valence-corrected chi connectivity index (χ0v) is 21.5. The Morgan fingerprint density at radius 3 is 2.58 bits per heavy atom. The lowest BCUT2D eigenvalue weighted by Crippen LogP contribution is -2.37. The van der Waals surface area contributed by atoms with Crippen LogP contribution in [0.5, 0.6) is 0 Å². The van der Waals surface area contributed by atoms with Crippen molar-refractivity contribution in [2.45, 2.75) is 26.9 Å². The molecule has 2 N–H and O–H groups in total. The molecular weight excluding hydrogens is 529 g/mol. The van der Waals surface area contributed by atoms with E-state index in [1.165, 1.54) is 16.8 Å². The van der Waals surface area contributed by atoms with E-state index in [0.29, 0.717) is 19.0 Å². The molecule has 0 radical (unpaired) electrons. The Morgan fingerprint density at radius 1 is 1.06 bits per heavy atom. The molecule has 176 valence electrons. The Balaban J connectivity index is 0.00000306. The summed E-state index contributed by atoms with van der Waals surface area (Å²) in [5.41, 5.74) is 5.45. The van der Waals surface area contributed by atoms with E-state index in [1.807, 2.05) is 12.1 Å². The van der Waals surface area contributed by atoms with Gasteiger partial charge in [-0.25, -0.2) is 9.98 Å². The van der Waals surface area contributed by atoms with Crippen molar-refractivity contribution in [2.24, 2.45) is 4.99 Å². The van der Waals surface area contributed by atoms with Gasteiger partial charge >= 0.3 is 0 Å². The van der Waals surface area contributed by atoms with Gasteiger partial charge in [0.25, 0.3) is 0 Å². The summed E-state index contributed by atoms with van der Waals surface area (Å²) in [4.78, 5) is 11.8. The molecule has 3 aromatic rings. The summed E-state index contributed by atoms with van der Waals surface area (Å²) in [5.74, 6) is 1.38. The number of benzene rings is 2. The van der Waals surface area contributed by atoms with Crippen LogP contribution in [0.2, 0.25) is 0 Å². The maximum atomic E-state index is 5.67. The third kappa shape index (κ3) is 6.94. The summed E-state index contributed by atoms with van der Waals surface area (Å²) in [6.07, 6.45) is 1.69. The first-order valence-electron chi connectivity index (χ1n) is 11.2. The van der Waals surface area contributed by atoms with Gasteiger partial charge in [-0.05, 0) is 37.6 Å². The number of morpholine rings is 1. The second-order valence-corrected chi connectivity index (χ2v) is 7.79. The summed E-state index contributed by atoms with van der Waals surface area (Å²) < 4.78 is 11.2. The van der Waals surface area contributed by atoms with Crippen LogP contribution in [0.1, 0.15) is 23.7 Å². The fourth-order valence-corrected chi connectivity index (χ4v) is 3.65. The number of hydrogen-bond acceptors (Lipinski definition) is 5. The maximum absolute atomic E-state index is 5.67. The SMILES string of the molecule is CCNC(=NCc1ccccc1N1CCOCC1)NCc1coc(-c2ccc(C)cc2)n1.I. The molecule has 2 heterocycles. The van der Waals surface area contributed by atoms with Crippen molar-refractivity contribution in [3.05, 3.63) is 71.6 Å². The molecule has 1 aliphatic heterocycles. The van der Waals surface area contributed by atoms with Gasteiger partial charge < -0.3 is 24.7 Å². The van der Waals surface area contributed by atoms with Crippen LogP contribution in [0.4, 0.5) is 5.69 Å². The Labute approximate surface area is 212 Å². The molecule has 0 amide bonds. The number of hydrogen-bond donors (Lipinski definition) is 2.